The molecule has 0 saturated carbocycles. The van der Waals surface area contributed by atoms with Crippen LogP contribution >= 0.6 is 0 Å². The van der Waals surface area contributed by atoms with Gasteiger partial charge in [0.2, 0.25) is 0 Å². The smallest absolute Gasteiger partial charge is 0.335 e. The number of ether oxygens (including phenoxy) is 1. The van der Waals surface area contributed by atoms with Crippen molar-refractivity contribution in [3.63, 3.8) is 0 Å². The molecule has 1 saturated heterocycles. The second kappa shape index (κ2) is 9.62. The van der Waals surface area contributed by atoms with Crippen molar-refractivity contribution in [2.24, 2.45) is 0 Å². The van der Waals surface area contributed by atoms with E-state index in [9.17, 15) is 14.4 Å². The lowest BCUT2D eigenvalue weighted by Crippen LogP contribution is -2.58. The van der Waals surface area contributed by atoms with Crippen LogP contribution in [0.25, 0.3) is 11.4 Å². The molecular weight excluding hydrogens is 464 g/mol. The van der Waals surface area contributed by atoms with Gasteiger partial charge < -0.3 is 30.3 Å². The summed E-state index contributed by atoms with van der Waals surface area (Å²) in [5, 5.41) is 14.4. The van der Waals surface area contributed by atoms with Crippen molar-refractivity contribution in [1.29, 1.82) is 0 Å². The van der Waals surface area contributed by atoms with Crippen LogP contribution in [-0.2, 0) is 16.1 Å². The maximum absolute atomic E-state index is 13.4. The predicted octanol–water partition coefficient (Wildman–Crippen LogP) is 2.35. The number of aromatic carboxylic acids is 1. The number of hydrogen-bond donors (Lipinski definition) is 3. The molecule has 1 atom stereocenters. The van der Waals surface area contributed by atoms with Crippen LogP contribution in [0, 0.1) is 0 Å². The van der Waals surface area contributed by atoms with Crippen molar-refractivity contribution in [3.8, 4) is 11.4 Å². The summed E-state index contributed by atoms with van der Waals surface area (Å²) < 4.78 is 5.60. The molecule has 3 amide bonds. The predicted molar refractivity (Wildman–Crippen MR) is 132 cm³/mol. The van der Waals surface area contributed by atoms with E-state index < -0.39 is 12.0 Å². The van der Waals surface area contributed by atoms with Gasteiger partial charge in [-0.25, -0.2) is 19.6 Å². The number of hydrogen-bond acceptors (Lipinski definition) is 7. The monoisotopic (exact) mass is 488 g/mol. The van der Waals surface area contributed by atoms with Gasteiger partial charge in [0.25, 0.3) is 5.91 Å². The second-order valence-electron chi connectivity index (χ2n) is 8.39. The van der Waals surface area contributed by atoms with Crippen molar-refractivity contribution in [2.45, 2.75) is 12.6 Å². The zero-order valence-corrected chi connectivity index (χ0v) is 19.5. The normalized spacial score (nSPS) is 16.7. The van der Waals surface area contributed by atoms with Gasteiger partial charge in [0.05, 0.1) is 31.5 Å². The third-order valence-electron chi connectivity index (χ3n) is 6.16. The highest BCUT2D eigenvalue weighted by Gasteiger charge is 2.41. The molecule has 2 aromatic carbocycles. The quantitative estimate of drug-likeness (QED) is 0.498. The van der Waals surface area contributed by atoms with Gasteiger partial charge in [-0.2, -0.15) is 0 Å². The molecule has 3 N–H and O–H groups in total. The van der Waals surface area contributed by atoms with Crippen molar-refractivity contribution in [2.75, 3.05) is 41.9 Å². The fourth-order valence-electron chi connectivity index (χ4n) is 4.26. The van der Waals surface area contributed by atoms with E-state index in [2.05, 4.69) is 15.6 Å². The van der Waals surface area contributed by atoms with E-state index >= 15 is 0 Å². The third kappa shape index (κ3) is 4.43. The van der Waals surface area contributed by atoms with Crippen LogP contribution in [0.5, 0.6) is 0 Å². The number of anilines is 3. The largest absolute Gasteiger partial charge is 0.478 e. The Labute approximate surface area is 206 Å². The van der Waals surface area contributed by atoms with Gasteiger partial charge in [-0.1, -0.05) is 12.1 Å². The number of amides is 3. The Hall–Kier alpha value is -4.51. The highest BCUT2D eigenvalue weighted by molar-refractivity contribution is 6.05. The van der Waals surface area contributed by atoms with Crippen LogP contribution in [0.3, 0.4) is 0 Å². The highest BCUT2D eigenvalue weighted by Crippen LogP contribution is 2.37. The molecule has 1 fully saturated rings. The number of carboxylic acid groups (broad SMARTS) is 1. The number of nitrogens with one attached hydrogen (secondary N) is 2. The first-order chi connectivity index (χ1) is 17.4. The molecule has 5 rings (SSSR count). The molecule has 36 heavy (non-hydrogen) atoms. The summed E-state index contributed by atoms with van der Waals surface area (Å²) in [5.41, 5.74) is 2.95. The molecule has 0 spiro atoms. The number of urea groups is 1. The van der Waals surface area contributed by atoms with Crippen molar-refractivity contribution >= 4 is 35.1 Å². The molecule has 1 aromatic heterocycles. The zero-order chi connectivity index (χ0) is 25.2. The fraction of sp³-hybridized carbons (Fsp3) is 0.240. The lowest BCUT2D eigenvalue weighted by Gasteiger charge is -2.43. The Morgan fingerprint density at radius 3 is 2.58 bits per heavy atom. The molecule has 3 heterocycles. The number of carboxylic acids is 1. The minimum atomic E-state index is -1.01. The first-order valence-corrected chi connectivity index (χ1v) is 11.4. The molecule has 1 unspecified atom stereocenters. The average Bonchev–Trinajstić information content (AvgIpc) is 2.91. The van der Waals surface area contributed by atoms with Crippen LogP contribution in [0.4, 0.5) is 22.0 Å². The van der Waals surface area contributed by atoms with Gasteiger partial charge in [-0.3, -0.25) is 4.79 Å². The Bertz CT molecular complexity index is 1310. The summed E-state index contributed by atoms with van der Waals surface area (Å²) in [6.45, 7) is 1.51. The van der Waals surface area contributed by atoms with E-state index in [4.69, 9.17) is 14.8 Å². The molecule has 0 bridgehead atoms. The standard InChI is InChI=1S/C25H24N6O5/c1-26-25(35)28-18-8-6-16(7-9-18)21-27-12-19-22(29-21)30-10-11-36-14-20(30)23(32)31(19)13-15-2-4-17(5-3-15)24(33)34/h2-9,12,20H,10-11,13-14H2,1H3,(H,33,34)(H2,26,28,35). The third-order valence-corrected chi connectivity index (χ3v) is 6.16. The van der Waals surface area contributed by atoms with Gasteiger partial charge in [0, 0.05) is 24.8 Å². The first-order valence-electron chi connectivity index (χ1n) is 11.4. The van der Waals surface area contributed by atoms with E-state index in [0.29, 0.717) is 36.2 Å². The summed E-state index contributed by atoms with van der Waals surface area (Å²) in [6, 6.07) is 12.8. The van der Waals surface area contributed by atoms with Crippen molar-refractivity contribution in [1.82, 2.24) is 15.3 Å². The van der Waals surface area contributed by atoms with Crippen LogP contribution in [0.2, 0.25) is 0 Å². The molecule has 184 valence electrons. The lowest BCUT2D eigenvalue weighted by molar-refractivity contribution is -0.122. The molecular formula is C25H24N6O5. The molecule has 2 aliphatic heterocycles. The molecule has 11 heteroatoms. The number of rotatable bonds is 5. The molecule has 11 nitrogen and oxygen atoms in total. The number of benzene rings is 2. The topological polar surface area (TPSA) is 137 Å². The molecule has 3 aromatic rings. The number of carbonyl (C=O) groups excluding carboxylic acids is 2. The fourth-order valence-corrected chi connectivity index (χ4v) is 4.26. The molecule has 0 aliphatic carbocycles. The summed E-state index contributed by atoms with van der Waals surface area (Å²) in [4.78, 5) is 49.1. The van der Waals surface area contributed by atoms with Gasteiger partial charge in [0.15, 0.2) is 11.6 Å². The van der Waals surface area contributed by atoms with E-state index in [0.717, 1.165) is 11.1 Å². The van der Waals surface area contributed by atoms with Gasteiger partial charge in [0.1, 0.15) is 11.7 Å². The van der Waals surface area contributed by atoms with Crippen LogP contribution in [0.15, 0.2) is 54.7 Å². The van der Waals surface area contributed by atoms with Gasteiger partial charge in [-0.05, 0) is 42.0 Å². The van der Waals surface area contributed by atoms with Crippen molar-refractivity contribution < 1.29 is 24.2 Å². The van der Waals surface area contributed by atoms with Gasteiger partial charge >= 0.3 is 12.0 Å². The number of aromatic nitrogens is 2. The Kier molecular flexibility index (Phi) is 6.21. The van der Waals surface area contributed by atoms with E-state index in [-0.39, 0.29) is 30.7 Å². The maximum Gasteiger partial charge on any atom is 0.335 e. The summed E-state index contributed by atoms with van der Waals surface area (Å²) in [7, 11) is 1.54. The second-order valence-corrected chi connectivity index (χ2v) is 8.39. The summed E-state index contributed by atoms with van der Waals surface area (Å²) >= 11 is 0. The number of fused-ring (bicyclic) bond motifs is 3. The Morgan fingerprint density at radius 1 is 1.14 bits per heavy atom. The SMILES string of the molecule is CNC(=O)Nc1ccc(-c2ncc3c(n2)N2CCOCC2C(=O)N3Cc2ccc(C(=O)O)cc2)cc1. The van der Waals surface area contributed by atoms with Crippen LogP contribution in [0.1, 0.15) is 15.9 Å². The first kappa shape index (κ1) is 23.2. The minimum Gasteiger partial charge on any atom is -0.478 e. The van der Waals surface area contributed by atoms with Crippen molar-refractivity contribution in [3.05, 3.63) is 65.9 Å². The number of morpholine rings is 1. The summed E-state index contributed by atoms with van der Waals surface area (Å²) in [5.74, 6) is 0.00742. The lowest BCUT2D eigenvalue weighted by atomic mass is 10.1. The number of carbonyl (C=O) groups is 3. The zero-order valence-electron chi connectivity index (χ0n) is 19.5. The van der Waals surface area contributed by atoms with E-state index in [1.165, 1.54) is 12.1 Å². The molecule has 0 radical (unpaired) electrons. The highest BCUT2D eigenvalue weighted by atomic mass is 16.5. The van der Waals surface area contributed by atoms with Gasteiger partial charge in [-0.15, -0.1) is 0 Å². The van der Waals surface area contributed by atoms with E-state index in [1.54, 1.807) is 42.4 Å². The Morgan fingerprint density at radius 2 is 1.89 bits per heavy atom. The maximum atomic E-state index is 13.4. The Balaban J connectivity index is 1.48. The van der Waals surface area contributed by atoms with E-state index in [1.807, 2.05) is 17.0 Å². The summed E-state index contributed by atoms with van der Waals surface area (Å²) in [6.07, 6.45) is 1.64. The van der Waals surface area contributed by atoms with Crippen LogP contribution in [-0.4, -0.2) is 65.8 Å². The average molecular weight is 489 g/mol. The number of nitrogens with zero attached hydrogens (tertiary/aromatic N) is 4. The van der Waals surface area contributed by atoms with Crippen LogP contribution < -0.4 is 20.4 Å². The molecule has 2 aliphatic rings. The minimum absolute atomic E-state index is 0.120.